The number of hydrogen-bond donors (Lipinski definition) is 3. The van der Waals surface area contributed by atoms with E-state index in [1.807, 2.05) is 0 Å². The molecule has 0 spiro atoms. The Kier molecular flexibility index (Phi) is 10.8. The van der Waals surface area contributed by atoms with E-state index in [0.29, 0.717) is 0 Å². The Labute approximate surface area is 108 Å². The zero-order valence-corrected chi connectivity index (χ0v) is 9.83. The van der Waals surface area contributed by atoms with Gasteiger partial charge in [0.05, 0.1) is 26.0 Å². The van der Waals surface area contributed by atoms with E-state index in [0.717, 1.165) is 0 Å². The van der Waals surface area contributed by atoms with Gasteiger partial charge < -0.3 is 21.2 Å². The van der Waals surface area contributed by atoms with Crippen molar-refractivity contribution in [1.82, 2.24) is 0 Å². The van der Waals surface area contributed by atoms with Crippen molar-refractivity contribution < 1.29 is 59.6 Å². The number of aromatic carboxylic acids is 2. The molecular weight excluding hydrogens is 292 g/mol. The Morgan fingerprint density at radius 1 is 0.895 bits per heavy atom. The van der Waals surface area contributed by atoms with Gasteiger partial charge in [-0.2, -0.15) is 14.0 Å². The monoisotopic (exact) mass is 302 g/mol. The molecule has 0 radical (unpaired) electrons. The SMILES string of the molecule is O.O.O=C(O)c1ccccc1C(=O)O.[O-][Cl+3]([O-])([O-])O. The average Bonchev–Trinajstić information content (AvgIpc) is 2.15. The first kappa shape index (κ1) is 22.4. The van der Waals surface area contributed by atoms with E-state index < -0.39 is 22.2 Å². The highest BCUT2D eigenvalue weighted by Crippen LogP contribution is 2.07. The third kappa shape index (κ3) is 11.1. The van der Waals surface area contributed by atoms with Crippen LogP contribution in [0.4, 0.5) is 0 Å². The molecule has 0 aliphatic rings. The van der Waals surface area contributed by atoms with Crippen molar-refractivity contribution in [3.05, 3.63) is 35.4 Å². The lowest BCUT2D eigenvalue weighted by molar-refractivity contribution is -1.92. The van der Waals surface area contributed by atoms with Crippen LogP contribution in [-0.4, -0.2) is 37.8 Å². The molecule has 110 valence electrons. The Balaban J connectivity index is -0.000000320. The first-order valence-corrected chi connectivity index (χ1v) is 5.08. The fourth-order valence-corrected chi connectivity index (χ4v) is 0.856. The number of carboxylic acid groups (broad SMARTS) is 2. The number of benzene rings is 1. The largest absolute Gasteiger partial charge is 0.478 e. The van der Waals surface area contributed by atoms with Crippen molar-refractivity contribution >= 4 is 11.9 Å². The van der Waals surface area contributed by atoms with Crippen molar-refractivity contribution in [3.8, 4) is 0 Å². The zero-order chi connectivity index (χ0) is 13.6. The summed E-state index contributed by atoms with van der Waals surface area (Å²) in [5.74, 6) is -2.46. The van der Waals surface area contributed by atoms with Crippen LogP contribution in [0.3, 0.4) is 0 Å². The lowest BCUT2D eigenvalue weighted by Gasteiger charge is -2.03. The Morgan fingerprint density at radius 2 is 1.11 bits per heavy atom. The first-order chi connectivity index (χ1) is 7.63. The van der Waals surface area contributed by atoms with E-state index in [1.54, 1.807) is 0 Å². The van der Waals surface area contributed by atoms with Crippen LogP contribution < -0.4 is 14.0 Å². The second-order valence-electron chi connectivity index (χ2n) is 2.55. The summed E-state index contributed by atoms with van der Waals surface area (Å²) in [6, 6.07) is 5.48. The molecule has 0 saturated carbocycles. The fraction of sp³-hybridized carbons (Fsp3) is 0. The lowest BCUT2D eigenvalue weighted by atomic mass is 10.1. The maximum Gasteiger partial charge on any atom is 0.336 e. The minimum Gasteiger partial charge on any atom is -0.478 e. The van der Waals surface area contributed by atoms with Crippen LogP contribution in [0.2, 0.25) is 0 Å². The molecule has 0 amide bonds. The highest BCUT2D eigenvalue weighted by molar-refractivity contribution is 6.01. The number of carbonyl (C=O) groups is 2. The van der Waals surface area contributed by atoms with Crippen LogP contribution in [0.25, 0.3) is 0 Å². The summed E-state index contributed by atoms with van der Waals surface area (Å²) < 4.78 is 32.7. The summed E-state index contributed by atoms with van der Waals surface area (Å²) in [4.78, 5) is 20.9. The Bertz CT molecular complexity index is 373. The summed E-state index contributed by atoms with van der Waals surface area (Å²) in [6.07, 6.45) is 0. The van der Waals surface area contributed by atoms with Gasteiger partial charge in [0, 0.05) is 0 Å². The maximum atomic E-state index is 10.5. The lowest BCUT2D eigenvalue weighted by Crippen LogP contribution is -2.58. The molecule has 0 aliphatic carbocycles. The van der Waals surface area contributed by atoms with Crippen LogP contribution in [-0.2, 0) is 0 Å². The molecule has 0 aliphatic heterocycles. The Morgan fingerprint density at radius 3 is 1.26 bits per heavy atom. The molecule has 7 N–H and O–H groups in total. The molecule has 1 rings (SSSR count). The van der Waals surface area contributed by atoms with E-state index in [2.05, 4.69) is 0 Å². The standard InChI is InChI=1S/C8H6O4.ClHO4.2H2O/c9-7(10)5-3-1-2-4-6(5)8(11)12;2-1(3,4)5;;/h1-4H,(H,9,10)(H,11,12);(H,2,3,4,5);2*1H2. The molecule has 0 bridgehead atoms. The third-order valence-electron chi connectivity index (χ3n) is 1.39. The molecule has 1 aromatic carbocycles. The van der Waals surface area contributed by atoms with Crippen LogP contribution in [0.15, 0.2) is 24.3 Å². The normalized spacial score (nSPS) is 9.05. The highest BCUT2D eigenvalue weighted by Gasteiger charge is 2.13. The van der Waals surface area contributed by atoms with Crippen molar-refractivity contribution in [3.63, 3.8) is 0 Å². The van der Waals surface area contributed by atoms with Crippen LogP contribution in [0.1, 0.15) is 20.7 Å². The van der Waals surface area contributed by atoms with Crippen LogP contribution >= 0.6 is 0 Å². The summed E-state index contributed by atoms with van der Waals surface area (Å²) in [5, 5.41) is 17.1. The van der Waals surface area contributed by atoms with Gasteiger partial charge in [-0.1, -0.05) is 12.1 Å². The minimum atomic E-state index is -4.69. The van der Waals surface area contributed by atoms with E-state index >= 15 is 0 Å². The van der Waals surface area contributed by atoms with Crippen molar-refractivity contribution in [2.75, 3.05) is 0 Å². The Hall–Kier alpha value is -1.79. The number of halogens is 1. The topological polar surface area (TPSA) is 227 Å². The molecule has 0 saturated heterocycles. The fourth-order valence-electron chi connectivity index (χ4n) is 0.856. The quantitative estimate of drug-likeness (QED) is 0.479. The van der Waals surface area contributed by atoms with Gasteiger partial charge in [0.2, 0.25) is 0 Å². The van der Waals surface area contributed by atoms with Gasteiger partial charge in [-0.15, -0.1) is 0 Å². The van der Waals surface area contributed by atoms with Gasteiger partial charge in [0.25, 0.3) is 0 Å². The molecule has 0 fully saturated rings. The second-order valence-corrected chi connectivity index (χ2v) is 3.34. The van der Waals surface area contributed by atoms with Crippen molar-refractivity contribution in [1.29, 1.82) is 0 Å². The number of rotatable bonds is 2. The molecule has 0 aromatic heterocycles. The molecule has 0 heterocycles. The van der Waals surface area contributed by atoms with Gasteiger partial charge in [0.1, 0.15) is 0 Å². The second kappa shape index (κ2) is 9.18. The molecule has 0 unspecified atom stereocenters. The van der Waals surface area contributed by atoms with E-state index in [4.69, 9.17) is 28.8 Å². The molecule has 0 atom stereocenters. The van der Waals surface area contributed by atoms with Crippen molar-refractivity contribution in [2.24, 2.45) is 0 Å². The van der Waals surface area contributed by atoms with Gasteiger partial charge in [-0.05, 0) is 12.1 Å². The van der Waals surface area contributed by atoms with Gasteiger partial charge in [-0.3, -0.25) is 0 Å². The molecule has 1 aromatic rings. The van der Waals surface area contributed by atoms with E-state index in [1.165, 1.54) is 24.3 Å². The summed E-state index contributed by atoms with van der Waals surface area (Å²) in [7, 11) is -4.69. The van der Waals surface area contributed by atoms with Gasteiger partial charge in [-0.25, -0.2) is 9.59 Å². The van der Waals surface area contributed by atoms with E-state index in [9.17, 15) is 9.59 Å². The number of carboxylic acids is 2. The third-order valence-corrected chi connectivity index (χ3v) is 1.39. The van der Waals surface area contributed by atoms with E-state index in [-0.39, 0.29) is 22.1 Å². The molecule has 11 heteroatoms. The average molecular weight is 303 g/mol. The van der Waals surface area contributed by atoms with Crippen LogP contribution in [0.5, 0.6) is 0 Å². The predicted octanol–water partition coefficient (Wildman–Crippen LogP) is -4.69. The van der Waals surface area contributed by atoms with Gasteiger partial charge in [0.15, 0.2) is 0 Å². The van der Waals surface area contributed by atoms with Crippen molar-refractivity contribution in [2.45, 2.75) is 0 Å². The zero-order valence-electron chi connectivity index (χ0n) is 9.07. The first-order valence-electron chi connectivity index (χ1n) is 3.81. The van der Waals surface area contributed by atoms with Gasteiger partial charge >= 0.3 is 11.9 Å². The summed E-state index contributed by atoms with van der Waals surface area (Å²) in [6.45, 7) is 0. The number of hydrogen-bond acceptors (Lipinski definition) is 6. The molecule has 19 heavy (non-hydrogen) atoms. The molecule has 10 nitrogen and oxygen atoms in total. The van der Waals surface area contributed by atoms with Crippen LogP contribution in [0, 0.1) is 10.2 Å². The highest BCUT2D eigenvalue weighted by atomic mass is 35.7. The smallest absolute Gasteiger partial charge is 0.336 e. The minimum absolute atomic E-state index is 0. The maximum absolute atomic E-state index is 10.5. The summed E-state index contributed by atoms with van der Waals surface area (Å²) in [5.41, 5.74) is -0.380. The summed E-state index contributed by atoms with van der Waals surface area (Å²) >= 11 is 0. The molecular formula is C8H11ClO10. The predicted molar refractivity (Wildman–Crippen MR) is 49.8 cm³/mol.